The van der Waals surface area contributed by atoms with E-state index in [1.165, 1.54) is 0 Å². The first-order valence-electron chi connectivity index (χ1n) is 5.38. The molecule has 0 spiro atoms. The van der Waals surface area contributed by atoms with Gasteiger partial charge in [-0.25, -0.2) is 4.98 Å². The van der Waals surface area contributed by atoms with E-state index < -0.39 is 0 Å². The molecular formula is C10H14ClN5O. The van der Waals surface area contributed by atoms with Crippen LogP contribution in [0.4, 0.5) is 5.82 Å². The molecule has 0 aliphatic heterocycles. The first-order chi connectivity index (χ1) is 8.13. The van der Waals surface area contributed by atoms with Gasteiger partial charge in [0, 0.05) is 12.6 Å². The maximum atomic E-state index is 8.84. The van der Waals surface area contributed by atoms with E-state index in [1.54, 1.807) is 6.33 Å². The fraction of sp³-hybridized carbons (Fsp3) is 0.500. The second-order valence-electron chi connectivity index (χ2n) is 3.91. The minimum absolute atomic E-state index is 0.0267. The summed E-state index contributed by atoms with van der Waals surface area (Å²) < 4.78 is 1.96. The fourth-order valence-corrected chi connectivity index (χ4v) is 1.77. The molecule has 0 bridgehead atoms. The van der Waals surface area contributed by atoms with Gasteiger partial charge in [0.15, 0.2) is 11.5 Å². The number of fused-ring (bicyclic) bond motifs is 1. The van der Waals surface area contributed by atoms with E-state index in [4.69, 9.17) is 16.7 Å². The first-order valence-corrected chi connectivity index (χ1v) is 5.76. The van der Waals surface area contributed by atoms with Crippen LogP contribution in [0.1, 0.15) is 19.9 Å². The highest BCUT2D eigenvalue weighted by molar-refractivity contribution is 6.28. The number of halogens is 1. The van der Waals surface area contributed by atoms with Gasteiger partial charge >= 0.3 is 0 Å². The highest BCUT2D eigenvalue weighted by Crippen LogP contribution is 2.23. The highest BCUT2D eigenvalue weighted by atomic mass is 35.5. The highest BCUT2D eigenvalue weighted by Gasteiger charge is 2.14. The molecule has 17 heavy (non-hydrogen) atoms. The Hall–Kier alpha value is -1.40. The summed E-state index contributed by atoms with van der Waals surface area (Å²) >= 11 is 5.82. The second-order valence-corrected chi connectivity index (χ2v) is 4.25. The molecule has 0 unspecified atom stereocenters. The number of imidazole rings is 1. The number of hydrogen-bond donors (Lipinski definition) is 2. The van der Waals surface area contributed by atoms with Crippen molar-refractivity contribution in [2.45, 2.75) is 19.9 Å². The van der Waals surface area contributed by atoms with Crippen molar-refractivity contribution in [2.24, 2.45) is 0 Å². The Morgan fingerprint density at radius 3 is 2.88 bits per heavy atom. The Bertz CT molecular complexity index is 525. The van der Waals surface area contributed by atoms with Crippen LogP contribution in [0.2, 0.25) is 5.28 Å². The van der Waals surface area contributed by atoms with Crippen LogP contribution in [-0.2, 0) is 0 Å². The van der Waals surface area contributed by atoms with Gasteiger partial charge in [0.25, 0.3) is 0 Å². The minimum Gasteiger partial charge on any atom is -0.395 e. The zero-order valence-electron chi connectivity index (χ0n) is 9.68. The van der Waals surface area contributed by atoms with Crippen LogP contribution in [-0.4, -0.2) is 37.8 Å². The number of aromatic nitrogens is 4. The fourth-order valence-electron chi connectivity index (χ4n) is 1.61. The molecule has 0 amide bonds. The van der Waals surface area contributed by atoms with Crippen molar-refractivity contribution in [3.63, 3.8) is 0 Å². The molecule has 92 valence electrons. The molecular weight excluding hydrogens is 242 g/mol. The van der Waals surface area contributed by atoms with E-state index >= 15 is 0 Å². The van der Waals surface area contributed by atoms with E-state index in [0.717, 1.165) is 5.52 Å². The maximum absolute atomic E-state index is 8.84. The Balaban J connectivity index is 2.57. The normalized spacial score (nSPS) is 11.4. The second kappa shape index (κ2) is 4.85. The molecule has 2 aromatic rings. The van der Waals surface area contributed by atoms with E-state index in [-0.39, 0.29) is 17.9 Å². The van der Waals surface area contributed by atoms with Crippen molar-refractivity contribution in [1.29, 1.82) is 0 Å². The smallest absolute Gasteiger partial charge is 0.226 e. The van der Waals surface area contributed by atoms with E-state index in [9.17, 15) is 0 Å². The Labute approximate surface area is 104 Å². The van der Waals surface area contributed by atoms with E-state index in [2.05, 4.69) is 20.3 Å². The van der Waals surface area contributed by atoms with Gasteiger partial charge in [-0.1, -0.05) is 0 Å². The molecule has 0 aromatic carbocycles. The topological polar surface area (TPSA) is 75.9 Å². The van der Waals surface area contributed by atoms with Gasteiger partial charge in [0.2, 0.25) is 5.28 Å². The predicted molar refractivity (Wildman–Crippen MR) is 66.3 cm³/mol. The summed E-state index contributed by atoms with van der Waals surface area (Å²) in [4.78, 5) is 12.4. The third kappa shape index (κ3) is 2.32. The zero-order valence-corrected chi connectivity index (χ0v) is 10.4. The minimum atomic E-state index is 0.0267. The van der Waals surface area contributed by atoms with Crippen LogP contribution >= 0.6 is 11.6 Å². The van der Waals surface area contributed by atoms with Gasteiger partial charge in [0.05, 0.1) is 12.9 Å². The lowest BCUT2D eigenvalue weighted by molar-refractivity contribution is 0.311. The average Bonchev–Trinajstić information content (AvgIpc) is 2.69. The Morgan fingerprint density at radius 1 is 1.47 bits per heavy atom. The van der Waals surface area contributed by atoms with Crippen molar-refractivity contribution in [2.75, 3.05) is 18.5 Å². The molecule has 2 rings (SSSR count). The van der Waals surface area contributed by atoms with Crippen molar-refractivity contribution >= 4 is 28.6 Å². The van der Waals surface area contributed by atoms with Crippen molar-refractivity contribution < 1.29 is 5.11 Å². The molecule has 0 aliphatic carbocycles. The number of aliphatic hydroxyl groups is 1. The monoisotopic (exact) mass is 255 g/mol. The zero-order chi connectivity index (χ0) is 12.4. The van der Waals surface area contributed by atoms with E-state index in [1.807, 2.05) is 18.4 Å². The SMILES string of the molecule is CC(C)n1cnc2nc(Cl)nc(NCCO)c21. The van der Waals surface area contributed by atoms with Gasteiger partial charge < -0.3 is 15.0 Å². The Morgan fingerprint density at radius 2 is 2.24 bits per heavy atom. The molecule has 0 saturated heterocycles. The van der Waals surface area contributed by atoms with Crippen molar-refractivity contribution in [1.82, 2.24) is 19.5 Å². The summed E-state index contributed by atoms with van der Waals surface area (Å²) in [6.45, 7) is 4.53. The van der Waals surface area contributed by atoms with Crippen LogP contribution < -0.4 is 5.32 Å². The van der Waals surface area contributed by atoms with Gasteiger partial charge in [-0.2, -0.15) is 9.97 Å². The number of anilines is 1. The Kier molecular flexibility index (Phi) is 3.44. The number of aliphatic hydroxyl groups excluding tert-OH is 1. The molecule has 7 heteroatoms. The third-order valence-corrected chi connectivity index (χ3v) is 2.53. The molecule has 0 fully saturated rings. The molecule has 6 nitrogen and oxygen atoms in total. The lowest BCUT2D eigenvalue weighted by Crippen LogP contribution is -2.10. The number of rotatable bonds is 4. The molecule has 0 atom stereocenters. The lowest BCUT2D eigenvalue weighted by Gasteiger charge is -2.11. The molecule has 2 N–H and O–H groups in total. The summed E-state index contributed by atoms with van der Waals surface area (Å²) in [5, 5.41) is 12.0. The van der Waals surface area contributed by atoms with E-state index in [0.29, 0.717) is 18.0 Å². The van der Waals surface area contributed by atoms with Crippen LogP contribution in [0, 0.1) is 0 Å². The van der Waals surface area contributed by atoms with Gasteiger partial charge in [-0.3, -0.25) is 0 Å². The summed E-state index contributed by atoms with van der Waals surface area (Å²) in [7, 11) is 0. The summed E-state index contributed by atoms with van der Waals surface area (Å²) in [5.41, 5.74) is 1.36. The number of hydrogen-bond acceptors (Lipinski definition) is 5. The quantitative estimate of drug-likeness (QED) is 0.809. The maximum Gasteiger partial charge on any atom is 0.226 e. The molecule has 0 radical (unpaired) electrons. The standard InChI is InChI=1S/C10H14ClN5O/c1-6(2)16-5-13-9-7(16)8(12-3-4-17)14-10(11)15-9/h5-6,17H,3-4H2,1-2H3,(H,12,14,15). The van der Waals surface area contributed by atoms with Crippen LogP contribution in [0.5, 0.6) is 0 Å². The largest absolute Gasteiger partial charge is 0.395 e. The average molecular weight is 256 g/mol. The third-order valence-electron chi connectivity index (χ3n) is 2.36. The summed E-state index contributed by atoms with van der Waals surface area (Å²) in [6.07, 6.45) is 1.71. The van der Waals surface area contributed by atoms with Crippen molar-refractivity contribution in [3.8, 4) is 0 Å². The number of nitrogens with one attached hydrogen (secondary N) is 1. The summed E-state index contributed by atoms with van der Waals surface area (Å²) in [5.74, 6) is 0.597. The van der Waals surface area contributed by atoms with Gasteiger partial charge in [-0.15, -0.1) is 0 Å². The summed E-state index contributed by atoms with van der Waals surface area (Å²) in [6, 6.07) is 0.249. The molecule has 2 heterocycles. The number of nitrogens with zero attached hydrogens (tertiary/aromatic N) is 4. The molecule has 2 aromatic heterocycles. The van der Waals surface area contributed by atoms with Gasteiger partial charge in [0.1, 0.15) is 5.52 Å². The van der Waals surface area contributed by atoms with Gasteiger partial charge in [-0.05, 0) is 25.4 Å². The first kappa shape index (κ1) is 12.1. The lowest BCUT2D eigenvalue weighted by atomic mass is 10.3. The van der Waals surface area contributed by atoms with Crippen LogP contribution in [0.15, 0.2) is 6.33 Å². The molecule has 0 saturated carbocycles. The van der Waals surface area contributed by atoms with Crippen molar-refractivity contribution in [3.05, 3.63) is 11.6 Å². The van der Waals surface area contributed by atoms with Crippen LogP contribution in [0.3, 0.4) is 0 Å². The predicted octanol–water partition coefficient (Wildman–Crippen LogP) is 1.46. The molecule has 0 aliphatic rings. The van der Waals surface area contributed by atoms with Crippen LogP contribution in [0.25, 0.3) is 11.2 Å².